The van der Waals surface area contributed by atoms with Crippen molar-refractivity contribution in [2.24, 2.45) is 5.73 Å². The average Bonchev–Trinajstić information content (AvgIpc) is 2.44. The second-order valence-electron chi connectivity index (χ2n) is 5.30. The normalized spacial score (nSPS) is 13.6. The van der Waals surface area contributed by atoms with Crippen LogP contribution in [0.5, 0.6) is 0 Å². The molecule has 0 saturated heterocycles. The molecule has 0 aliphatic rings. The fraction of sp³-hybridized carbons (Fsp3) is 0.111. The van der Waals surface area contributed by atoms with Gasteiger partial charge in [0.25, 0.3) is 0 Å². The molecule has 1 atom stereocenters. The summed E-state index contributed by atoms with van der Waals surface area (Å²) in [5.41, 5.74) is 7.34. The molecule has 1 heteroatoms. The molecule has 0 aromatic heterocycles. The summed E-state index contributed by atoms with van der Waals surface area (Å²) in [5, 5.41) is 7.90. The minimum Gasteiger partial charge on any atom is -0.324 e. The van der Waals surface area contributed by atoms with E-state index in [2.05, 4.69) is 54.6 Å². The lowest BCUT2D eigenvalue weighted by Crippen LogP contribution is -2.05. The van der Waals surface area contributed by atoms with Crippen LogP contribution in [0.1, 0.15) is 18.5 Å². The molecular weight excluding hydrogens is 230 g/mol. The minimum absolute atomic E-state index is 0.0598. The first-order chi connectivity index (χ1) is 9.25. The Kier molecular flexibility index (Phi) is 2.09. The zero-order valence-corrected chi connectivity index (χ0v) is 10.9. The highest BCUT2D eigenvalue weighted by Crippen LogP contribution is 2.36. The lowest BCUT2D eigenvalue weighted by molar-refractivity contribution is 0.827. The van der Waals surface area contributed by atoms with Gasteiger partial charge in [-0.05, 0) is 44.8 Å². The summed E-state index contributed by atoms with van der Waals surface area (Å²) < 4.78 is 0. The molecule has 92 valence electrons. The van der Waals surface area contributed by atoms with E-state index in [4.69, 9.17) is 5.73 Å². The quantitative estimate of drug-likeness (QED) is 0.487. The SMILES string of the molecule is C[C@H](N)c1ccc2ccc3cccc4ccc1c2c34. The van der Waals surface area contributed by atoms with E-state index in [0.717, 1.165) is 0 Å². The van der Waals surface area contributed by atoms with Crippen LogP contribution in [0.15, 0.2) is 54.6 Å². The first-order valence-corrected chi connectivity index (χ1v) is 6.68. The molecular formula is C18H15N. The van der Waals surface area contributed by atoms with Crippen molar-refractivity contribution in [2.75, 3.05) is 0 Å². The minimum atomic E-state index is 0.0598. The summed E-state index contributed by atoms with van der Waals surface area (Å²) in [6.07, 6.45) is 0. The molecule has 0 unspecified atom stereocenters. The second-order valence-corrected chi connectivity index (χ2v) is 5.30. The van der Waals surface area contributed by atoms with Crippen molar-refractivity contribution in [3.05, 3.63) is 60.2 Å². The van der Waals surface area contributed by atoms with Crippen molar-refractivity contribution in [1.82, 2.24) is 0 Å². The highest BCUT2D eigenvalue weighted by Gasteiger charge is 2.11. The Bertz CT molecular complexity index is 874. The highest BCUT2D eigenvalue weighted by molar-refractivity contribution is 6.23. The third-order valence-corrected chi connectivity index (χ3v) is 4.05. The third kappa shape index (κ3) is 1.39. The van der Waals surface area contributed by atoms with Crippen LogP contribution in [0.25, 0.3) is 32.3 Å². The van der Waals surface area contributed by atoms with Crippen molar-refractivity contribution in [3.8, 4) is 0 Å². The first-order valence-electron chi connectivity index (χ1n) is 6.68. The number of benzene rings is 4. The molecule has 0 spiro atoms. The van der Waals surface area contributed by atoms with Gasteiger partial charge < -0.3 is 5.73 Å². The maximum atomic E-state index is 6.11. The van der Waals surface area contributed by atoms with Gasteiger partial charge in [-0.25, -0.2) is 0 Å². The van der Waals surface area contributed by atoms with Crippen LogP contribution in [0.4, 0.5) is 0 Å². The molecule has 0 heterocycles. The molecule has 19 heavy (non-hydrogen) atoms. The second kappa shape index (κ2) is 3.69. The van der Waals surface area contributed by atoms with Gasteiger partial charge in [0.2, 0.25) is 0 Å². The molecule has 2 N–H and O–H groups in total. The van der Waals surface area contributed by atoms with Crippen molar-refractivity contribution < 1.29 is 0 Å². The Balaban J connectivity index is 2.35. The van der Waals surface area contributed by atoms with E-state index in [-0.39, 0.29) is 6.04 Å². The topological polar surface area (TPSA) is 26.0 Å². The van der Waals surface area contributed by atoms with E-state index in [0.29, 0.717) is 0 Å². The predicted molar refractivity (Wildman–Crippen MR) is 82.7 cm³/mol. The molecule has 0 fully saturated rings. The van der Waals surface area contributed by atoms with Gasteiger partial charge in [-0.15, -0.1) is 0 Å². The summed E-state index contributed by atoms with van der Waals surface area (Å²) >= 11 is 0. The number of rotatable bonds is 1. The van der Waals surface area contributed by atoms with Crippen LogP contribution in [0.3, 0.4) is 0 Å². The Morgan fingerprint density at radius 1 is 0.737 bits per heavy atom. The van der Waals surface area contributed by atoms with Crippen molar-refractivity contribution in [1.29, 1.82) is 0 Å². The Labute approximate surface area is 112 Å². The van der Waals surface area contributed by atoms with Gasteiger partial charge in [-0.1, -0.05) is 54.6 Å². The maximum Gasteiger partial charge on any atom is 0.0272 e. The standard InChI is InChI=1S/C18H15N/c1-11(19)15-9-7-14-6-5-12-3-2-4-13-8-10-16(15)18(14)17(12)13/h2-11H,19H2,1H3/t11-/m0/s1. The van der Waals surface area contributed by atoms with Crippen LogP contribution in [-0.4, -0.2) is 0 Å². The third-order valence-electron chi connectivity index (χ3n) is 4.05. The fourth-order valence-corrected chi connectivity index (χ4v) is 3.15. The summed E-state index contributed by atoms with van der Waals surface area (Å²) in [4.78, 5) is 0. The van der Waals surface area contributed by atoms with Crippen LogP contribution in [-0.2, 0) is 0 Å². The predicted octanol–water partition coefficient (Wildman–Crippen LogP) is 4.60. The average molecular weight is 245 g/mol. The zero-order chi connectivity index (χ0) is 13.0. The Morgan fingerprint density at radius 2 is 1.32 bits per heavy atom. The number of nitrogens with two attached hydrogens (primary N) is 1. The van der Waals surface area contributed by atoms with E-state index in [1.807, 2.05) is 6.92 Å². The number of hydrogen-bond donors (Lipinski definition) is 1. The Morgan fingerprint density at radius 3 is 2.00 bits per heavy atom. The molecule has 0 aliphatic heterocycles. The van der Waals surface area contributed by atoms with Crippen LogP contribution < -0.4 is 5.73 Å². The fourth-order valence-electron chi connectivity index (χ4n) is 3.15. The highest BCUT2D eigenvalue weighted by atomic mass is 14.6. The molecule has 4 aromatic carbocycles. The molecule has 4 aromatic rings. The van der Waals surface area contributed by atoms with Gasteiger partial charge in [0.1, 0.15) is 0 Å². The van der Waals surface area contributed by atoms with Gasteiger partial charge >= 0.3 is 0 Å². The molecule has 0 aliphatic carbocycles. The molecule has 1 nitrogen and oxygen atoms in total. The first kappa shape index (κ1) is 10.8. The monoisotopic (exact) mass is 245 g/mol. The molecule has 0 radical (unpaired) electrons. The largest absolute Gasteiger partial charge is 0.324 e. The lowest BCUT2D eigenvalue weighted by atomic mass is 9.90. The molecule has 0 saturated carbocycles. The summed E-state index contributed by atoms with van der Waals surface area (Å²) in [6, 6.07) is 19.7. The van der Waals surface area contributed by atoms with Gasteiger partial charge in [0.05, 0.1) is 0 Å². The maximum absolute atomic E-state index is 6.11. The van der Waals surface area contributed by atoms with Gasteiger partial charge in [0.15, 0.2) is 0 Å². The molecule has 0 bridgehead atoms. The van der Waals surface area contributed by atoms with E-state index in [1.165, 1.54) is 37.9 Å². The van der Waals surface area contributed by atoms with E-state index in [9.17, 15) is 0 Å². The van der Waals surface area contributed by atoms with Gasteiger partial charge in [-0.2, -0.15) is 0 Å². The van der Waals surface area contributed by atoms with E-state index >= 15 is 0 Å². The molecule has 0 amide bonds. The van der Waals surface area contributed by atoms with Crippen LogP contribution >= 0.6 is 0 Å². The van der Waals surface area contributed by atoms with Gasteiger partial charge in [-0.3, -0.25) is 0 Å². The van der Waals surface area contributed by atoms with Crippen molar-refractivity contribution in [3.63, 3.8) is 0 Å². The van der Waals surface area contributed by atoms with E-state index in [1.54, 1.807) is 0 Å². The summed E-state index contributed by atoms with van der Waals surface area (Å²) in [6.45, 7) is 2.05. The summed E-state index contributed by atoms with van der Waals surface area (Å²) in [5.74, 6) is 0. The van der Waals surface area contributed by atoms with Crippen molar-refractivity contribution in [2.45, 2.75) is 13.0 Å². The zero-order valence-electron chi connectivity index (χ0n) is 10.9. The van der Waals surface area contributed by atoms with Gasteiger partial charge in [0, 0.05) is 6.04 Å². The van der Waals surface area contributed by atoms with E-state index < -0.39 is 0 Å². The lowest BCUT2D eigenvalue weighted by Gasteiger charge is -2.15. The smallest absolute Gasteiger partial charge is 0.0272 e. The Hall–Kier alpha value is -2.12. The van der Waals surface area contributed by atoms with Crippen molar-refractivity contribution >= 4 is 32.3 Å². The van der Waals surface area contributed by atoms with Crippen LogP contribution in [0, 0.1) is 0 Å². The number of hydrogen-bond acceptors (Lipinski definition) is 1. The summed E-state index contributed by atoms with van der Waals surface area (Å²) in [7, 11) is 0. The van der Waals surface area contributed by atoms with Crippen LogP contribution in [0.2, 0.25) is 0 Å². The molecule has 4 rings (SSSR count).